The molecule has 3 rings (SSSR count). The molecule has 1 amide bonds. The summed E-state index contributed by atoms with van der Waals surface area (Å²) < 4.78 is 42.3. The molecule has 0 fully saturated rings. The minimum atomic E-state index is -4.79. The number of aryl methyl sites for hydroxylation is 1. The monoisotopic (exact) mass is 460 g/mol. The zero-order valence-corrected chi connectivity index (χ0v) is 17.4. The van der Waals surface area contributed by atoms with E-state index < -0.39 is 11.8 Å². The van der Waals surface area contributed by atoms with Crippen molar-refractivity contribution in [2.45, 2.75) is 32.2 Å². The Morgan fingerprint density at radius 1 is 1.20 bits per heavy atom. The number of hydrogen-bond donors (Lipinski definition) is 2. The predicted octanol–water partition coefficient (Wildman–Crippen LogP) is 5.20. The minimum Gasteiger partial charge on any atom is -0.273 e. The Kier molecular flexibility index (Phi) is 6.33. The molecule has 1 aliphatic heterocycles. The third kappa shape index (κ3) is 4.57. The molecule has 0 bridgehead atoms. The standard InChI is InChI=1S/C20H17Cl2F3N2O3/c1-11-3-4-13(5-14(11)10-29-26-12(2)28)18-9-19(30-27-18,20(23,24)25)15-6-16(21)8-17(22)7-15/h3-9,27H,10H2,1-2H3,(H,26,28). The molecular formula is C20H17Cl2F3N2O3. The second-order valence-corrected chi connectivity index (χ2v) is 7.61. The molecular weight excluding hydrogens is 444 g/mol. The van der Waals surface area contributed by atoms with E-state index in [0.717, 1.165) is 23.8 Å². The van der Waals surface area contributed by atoms with Crippen LogP contribution >= 0.6 is 23.2 Å². The van der Waals surface area contributed by atoms with Gasteiger partial charge in [0.05, 0.1) is 5.70 Å². The Hall–Kier alpha value is -2.26. The number of halogens is 5. The fourth-order valence-corrected chi connectivity index (χ4v) is 3.49. The fraction of sp³-hybridized carbons (Fsp3) is 0.250. The Bertz CT molecular complexity index is 991. The smallest absolute Gasteiger partial charge is 0.273 e. The fourth-order valence-electron chi connectivity index (χ4n) is 2.96. The van der Waals surface area contributed by atoms with Crippen molar-refractivity contribution in [2.75, 3.05) is 0 Å². The molecule has 0 saturated heterocycles. The number of rotatable bonds is 5. The van der Waals surface area contributed by atoms with E-state index in [1.807, 2.05) is 6.92 Å². The second-order valence-electron chi connectivity index (χ2n) is 6.74. The molecule has 30 heavy (non-hydrogen) atoms. The summed E-state index contributed by atoms with van der Waals surface area (Å²) in [4.78, 5) is 21.1. The summed E-state index contributed by atoms with van der Waals surface area (Å²) in [5.74, 6) is -0.368. The molecule has 5 nitrogen and oxygen atoms in total. The van der Waals surface area contributed by atoms with E-state index in [1.165, 1.54) is 13.0 Å². The molecule has 0 spiro atoms. The summed E-state index contributed by atoms with van der Waals surface area (Å²) in [5, 5.41) is 0.110. The van der Waals surface area contributed by atoms with Gasteiger partial charge in [0.1, 0.15) is 6.61 Å². The van der Waals surface area contributed by atoms with Crippen molar-refractivity contribution < 1.29 is 27.6 Å². The van der Waals surface area contributed by atoms with Crippen molar-refractivity contribution in [3.05, 3.63) is 74.8 Å². The molecule has 0 aromatic heterocycles. The van der Waals surface area contributed by atoms with E-state index in [0.29, 0.717) is 11.1 Å². The SMILES string of the molecule is CC(=O)NOCc1cc(C2=CC(c3cc(Cl)cc(Cl)c3)(C(F)(F)F)ON2)ccc1C. The van der Waals surface area contributed by atoms with Gasteiger partial charge < -0.3 is 0 Å². The molecule has 1 unspecified atom stereocenters. The van der Waals surface area contributed by atoms with Gasteiger partial charge in [-0.3, -0.25) is 19.9 Å². The van der Waals surface area contributed by atoms with Crippen LogP contribution in [-0.4, -0.2) is 12.1 Å². The average Bonchev–Trinajstić information content (AvgIpc) is 3.09. The third-order valence-corrected chi connectivity index (χ3v) is 4.92. The van der Waals surface area contributed by atoms with Gasteiger partial charge in [-0.15, -0.1) is 0 Å². The van der Waals surface area contributed by atoms with Crippen LogP contribution in [0.3, 0.4) is 0 Å². The van der Waals surface area contributed by atoms with Crippen LogP contribution in [0.4, 0.5) is 13.2 Å². The highest BCUT2D eigenvalue weighted by Gasteiger charge is 2.59. The van der Waals surface area contributed by atoms with Crippen LogP contribution in [0.15, 0.2) is 42.5 Å². The lowest BCUT2D eigenvalue weighted by Crippen LogP contribution is -2.42. The number of benzene rings is 2. The first kappa shape index (κ1) is 22.4. The topological polar surface area (TPSA) is 59.6 Å². The van der Waals surface area contributed by atoms with Crippen molar-refractivity contribution in [3.63, 3.8) is 0 Å². The third-order valence-electron chi connectivity index (χ3n) is 4.49. The van der Waals surface area contributed by atoms with E-state index in [9.17, 15) is 18.0 Å². The van der Waals surface area contributed by atoms with E-state index in [2.05, 4.69) is 11.0 Å². The summed E-state index contributed by atoms with van der Waals surface area (Å²) in [6, 6.07) is 8.68. The molecule has 2 N–H and O–H groups in total. The van der Waals surface area contributed by atoms with Crippen LogP contribution in [-0.2, 0) is 26.7 Å². The molecule has 1 heterocycles. The molecule has 2 aromatic rings. The van der Waals surface area contributed by atoms with Crippen molar-refractivity contribution in [1.29, 1.82) is 0 Å². The molecule has 0 radical (unpaired) electrons. The lowest BCUT2D eigenvalue weighted by Gasteiger charge is -2.28. The predicted molar refractivity (Wildman–Crippen MR) is 106 cm³/mol. The molecule has 1 aliphatic rings. The van der Waals surface area contributed by atoms with Crippen molar-refractivity contribution in [2.24, 2.45) is 0 Å². The van der Waals surface area contributed by atoms with Crippen LogP contribution in [0.1, 0.15) is 29.2 Å². The molecule has 160 valence electrons. The molecule has 2 aromatic carbocycles. The van der Waals surface area contributed by atoms with Crippen molar-refractivity contribution in [1.82, 2.24) is 11.0 Å². The number of carbonyl (C=O) groups is 1. The second kappa shape index (κ2) is 8.47. The van der Waals surface area contributed by atoms with E-state index in [-0.39, 0.29) is 33.8 Å². The summed E-state index contributed by atoms with van der Waals surface area (Å²) in [7, 11) is 0. The van der Waals surface area contributed by atoms with Crippen molar-refractivity contribution in [3.8, 4) is 0 Å². The van der Waals surface area contributed by atoms with Gasteiger partial charge in [-0.25, -0.2) is 5.48 Å². The van der Waals surface area contributed by atoms with Crippen LogP contribution in [0.2, 0.25) is 10.0 Å². The number of carbonyl (C=O) groups excluding carboxylic acids is 1. The lowest BCUT2D eigenvalue weighted by atomic mass is 9.91. The highest BCUT2D eigenvalue weighted by molar-refractivity contribution is 6.34. The Labute approximate surface area is 180 Å². The zero-order valence-electron chi connectivity index (χ0n) is 15.9. The quantitative estimate of drug-likeness (QED) is 0.601. The van der Waals surface area contributed by atoms with Gasteiger partial charge >= 0.3 is 6.18 Å². The summed E-state index contributed by atoms with van der Waals surface area (Å²) in [6.45, 7) is 3.16. The highest BCUT2D eigenvalue weighted by atomic mass is 35.5. The average molecular weight is 461 g/mol. The van der Waals surface area contributed by atoms with Gasteiger partial charge in [0.25, 0.3) is 0 Å². The summed E-state index contributed by atoms with van der Waals surface area (Å²) >= 11 is 11.8. The molecule has 1 atom stereocenters. The number of alkyl halides is 3. The van der Waals surface area contributed by atoms with Crippen LogP contribution in [0, 0.1) is 6.92 Å². The van der Waals surface area contributed by atoms with Gasteiger partial charge in [-0.2, -0.15) is 13.2 Å². The number of hydrogen-bond acceptors (Lipinski definition) is 4. The highest BCUT2D eigenvalue weighted by Crippen LogP contribution is 2.48. The normalized spacial score (nSPS) is 18.7. The first-order chi connectivity index (χ1) is 14.0. The number of nitrogens with one attached hydrogen (secondary N) is 2. The van der Waals surface area contributed by atoms with Gasteiger partial charge in [-0.05, 0) is 48.4 Å². The lowest BCUT2D eigenvalue weighted by molar-refractivity contribution is -0.269. The molecule has 0 saturated carbocycles. The maximum absolute atomic E-state index is 14.1. The first-order valence-electron chi connectivity index (χ1n) is 8.70. The van der Waals surface area contributed by atoms with Gasteiger partial charge in [-0.1, -0.05) is 35.3 Å². The first-order valence-corrected chi connectivity index (χ1v) is 9.46. The molecule has 10 heteroatoms. The Morgan fingerprint density at radius 3 is 2.47 bits per heavy atom. The maximum Gasteiger partial charge on any atom is 0.428 e. The van der Waals surface area contributed by atoms with Crippen LogP contribution in [0.25, 0.3) is 5.70 Å². The van der Waals surface area contributed by atoms with Crippen molar-refractivity contribution >= 4 is 34.8 Å². The zero-order chi connectivity index (χ0) is 22.1. The summed E-state index contributed by atoms with van der Waals surface area (Å²) in [6.07, 6.45) is -3.85. The number of hydroxylamine groups is 2. The largest absolute Gasteiger partial charge is 0.428 e. The molecule has 0 aliphatic carbocycles. The van der Waals surface area contributed by atoms with E-state index >= 15 is 0 Å². The van der Waals surface area contributed by atoms with E-state index in [1.54, 1.807) is 18.2 Å². The summed E-state index contributed by atoms with van der Waals surface area (Å²) in [5.41, 5.74) is 3.64. The van der Waals surface area contributed by atoms with Gasteiger partial charge in [0.2, 0.25) is 11.5 Å². The van der Waals surface area contributed by atoms with Gasteiger partial charge in [0, 0.05) is 28.1 Å². The van der Waals surface area contributed by atoms with Crippen LogP contribution < -0.4 is 11.0 Å². The van der Waals surface area contributed by atoms with Gasteiger partial charge in [0.15, 0.2) is 0 Å². The maximum atomic E-state index is 14.1. The van der Waals surface area contributed by atoms with Crippen LogP contribution in [0.5, 0.6) is 0 Å². The Morgan fingerprint density at radius 2 is 1.87 bits per heavy atom. The minimum absolute atomic E-state index is 0.0434. The number of amides is 1. The van der Waals surface area contributed by atoms with E-state index in [4.69, 9.17) is 32.9 Å². The Balaban J connectivity index is 2.00.